The summed E-state index contributed by atoms with van der Waals surface area (Å²) in [5.74, 6) is 0. The Hall–Kier alpha value is -1.12. The van der Waals surface area contributed by atoms with Crippen LogP contribution in [0.1, 0.15) is 17.2 Å². The molecule has 0 radical (unpaired) electrons. The van der Waals surface area contributed by atoms with Gasteiger partial charge in [0.2, 0.25) is 0 Å². The predicted molar refractivity (Wildman–Crippen MR) is 56.3 cm³/mol. The van der Waals surface area contributed by atoms with Crippen LogP contribution in [0.3, 0.4) is 0 Å². The molecule has 2 heteroatoms. The second kappa shape index (κ2) is 4.80. The summed E-state index contributed by atoms with van der Waals surface area (Å²) in [7, 11) is 0. The summed E-state index contributed by atoms with van der Waals surface area (Å²) < 4.78 is 0. The van der Waals surface area contributed by atoms with E-state index < -0.39 is 0 Å². The van der Waals surface area contributed by atoms with Gasteiger partial charge in [-0.3, -0.25) is 0 Å². The molecule has 0 aromatic heterocycles. The summed E-state index contributed by atoms with van der Waals surface area (Å²) in [6, 6.07) is 7.99. The maximum Gasteiger partial charge on any atom is 0.0481 e. The molecule has 13 heavy (non-hydrogen) atoms. The van der Waals surface area contributed by atoms with Crippen LogP contribution in [0.4, 0.5) is 0 Å². The van der Waals surface area contributed by atoms with E-state index in [1.54, 1.807) is 6.08 Å². The van der Waals surface area contributed by atoms with Crippen LogP contribution < -0.4 is 11.5 Å². The van der Waals surface area contributed by atoms with Gasteiger partial charge in [0.1, 0.15) is 0 Å². The van der Waals surface area contributed by atoms with Crippen molar-refractivity contribution in [1.82, 2.24) is 0 Å². The molecular formula is C11H16N2. The third kappa shape index (κ3) is 2.41. The van der Waals surface area contributed by atoms with Crippen molar-refractivity contribution in [3.8, 4) is 0 Å². The summed E-state index contributed by atoms with van der Waals surface area (Å²) in [5, 5.41) is 0. The molecule has 1 unspecified atom stereocenters. The van der Waals surface area contributed by atoms with Gasteiger partial charge >= 0.3 is 0 Å². The molecule has 1 atom stereocenters. The van der Waals surface area contributed by atoms with Gasteiger partial charge in [-0.05, 0) is 24.1 Å². The summed E-state index contributed by atoms with van der Waals surface area (Å²) in [5.41, 5.74) is 13.7. The molecule has 0 saturated carbocycles. The smallest absolute Gasteiger partial charge is 0.0481 e. The molecule has 0 saturated heterocycles. The van der Waals surface area contributed by atoms with E-state index in [0.717, 1.165) is 12.0 Å². The number of rotatable bonds is 4. The molecule has 0 amide bonds. The van der Waals surface area contributed by atoms with E-state index in [1.807, 2.05) is 18.2 Å². The predicted octanol–water partition coefficient (Wildman–Crippen LogP) is 1.37. The molecule has 1 aromatic carbocycles. The second-order valence-corrected chi connectivity index (χ2v) is 3.00. The van der Waals surface area contributed by atoms with E-state index in [2.05, 4.69) is 12.6 Å². The van der Waals surface area contributed by atoms with Crippen molar-refractivity contribution in [3.05, 3.63) is 48.0 Å². The highest BCUT2D eigenvalue weighted by atomic mass is 14.6. The van der Waals surface area contributed by atoms with Gasteiger partial charge in [0.25, 0.3) is 0 Å². The fourth-order valence-corrected chi connectivity index (χ4v) is 1.37. The third-order valence-electron chi connectivity index (χ3n) is 2.08. The molecular weight excluding hydrogens is 160 g/mol. The van der Waals surface area contributed by atoms with Crippen LogP contribution >= 0.6 is 0 Å². The Bertz CT molecular complexity index is 281. The zero-order valence-electron chi connectivity index (χ0n) is 7.74. The monoisotopic (exact) mass is 176 g/mol. The fraction of sp³-hybridized carbons (Fsp3) is 0.273. The minimum atomic E-state index is -0.0808. The molecule has 0 heterocycles. The summed E-state index contributed by atoms with van der Waals surface area (Å²) in [6.07, 6.45) is 2.62. The fourth-order valence-electron chi connectivity index (χ4n) is 1.37. The van der Waals surface area contributed by atoms with Crippen LogP contribution in [0.15, 0.2) is 36.9 Å². The van der Waals surface area contributed by atoms with Crippen molar-refractivity contribution < 1.29 is 0 Å². The molecule has 0 aliphatic rings. The molecule has 0 aliphatic carbocycles. The number of benzene rings is 1. The van der Waals surface area contributed by atoms with Crippen LogP contribution in [0.25, 0.3) is 0 Å². The Morgan fingerprint density at radius 3 is 2.69 bits per heavy atom. The van der Waals surface area contributed by atoms with Gasteiger partial charge in [-0.1, -0.05) is 30.3 Å². The molecule has 0 aliphatic heterocycles. The van der Waals surface area contributed by atoms with Gasteiger partial charge in [0, 0.05) is 6.04 Å². The minimum Gasteiger partial charge on any atom is -0.330 e. The lowest BCUT2D eigenvalue weighted by Crippen LogP contribution is -2.12. The van der Waals surface area contributed by atoms with Crippen molar-refractivity contribution in [2.75, 3.05) is 6.54 Å². The highest BCUT2D eigenvalue weighted by Gasteiger charge is 2.05. The van der Waals surface area contributed by atoms with Gasteiger partial charge in [0.05, 0.1) is 0 Å². The Labute approximate surface area is 79.2 Å². The quantitative estimate of drug-likeness (QED) is 0.681. The van der Waals surface area contributed by atoms with E-state index in [-0.39, 0.29) is 6.04 Å². The molecule has 1 rings (SSSR count). The van der Waals surface area contributed by atoms with Crippen LogP contribution in [0.5, 0.6) is 0 Å². The van der Waals surface area contributed by atoms with Crippen molar-refractivity contribution in [1.29, 1.82) is 0 Å². The molecule has 4 N–H and O–H groups in total. The maximum atomic E-state index is 5.87. The van der Waals surface area contributed by atoms with E-state index in [4.69, 9.17) is 11.5 Å². The lowest BCUT2D eigenvalue weighted by atomic mass is 9.99. The Kier molecular flexibility index (Phi) is 3.68. The SMILES string of the molecule is C=CC(N)c1ccccc1CCN. The lowest BCUT2D eigenvalue weighted by molar-refractivity contribution is 0.865. The first-order valence-corrected chi connectivity index (χ1v) is 4.45. The standard InChI is InChI=1S/C11H16N2/c1-2-11(13)10-6-4-3-5-9(10)7-8-12/h2-6,11H,1,7-8,12-13H2. The zero-order chi connectivity index (χ0) is 9.68. The minimum absolute atomic E-state index is 0.0808. The molecule has 0 spiro atoms. The molecule has 2 nitrogen and oxygen atoms in total. The topological polar surface area (TPSA) is 52.0 Å². The average Bonchev–Trinajstić information content (AvgIpc) is 2.18. The van der Waals surface area contributed by atoms with Crippen LogP contribution in [-0.4, -0.2) is 6.54 Å². The number of nitrogens with two attached hydrogens (primary N) is 2. The van der Waals surface area contributed by atoms with Gasteiger partial charge < -0.3 is 11.5 Å². The van der Waals surface area contributed by atoms with Crippen LogP contribution in [0, 0.1) is 0 Å². The maximum absolute atomic E-state index is 5.87. The first kappa shape index (κ1) is 9.96. The summed E-state index contributed by atoms with van der Waals surface area (Å²) in [6.45, 7) is 4.34. The molecule has 1 aromatic rings. The third-order valence-corrected chi connectivity index (χ3v) is 2.08. The van der Waals surface area contributed by atoms with Crippen molar-refractivity contribution >= 4 is 0 Å². The van der Waals surface area contributed by atoms with Crippen molar-refractivity contribution in [2.45, 2.75) is 12.5 Å². The largest absolute Gasteiger partial charge is 0.330 e. The molecule has 0 bridgehead atoms. The van der Waals surface area contributed by atoms with E-state index >= 15 is 0 Å². The van der Waals surface area contributed by atoms with Gasteiger partial charge in [-0.2, -0.15) is 0 Å². The Morgan fingerprint density at radius 1 is 1.38 bits per heavy atom. The normalized spacial score (nSPS) is 12.5. The van der Waals surface area contributed by atoms with E-state index in [9.17, 15) is 0 Å². The highest BCUT2D eigenvalue weighted by molar-refractivity contribution is 5.32. The lowest BCUT2D eigenvalue weighted by Gasteiger charge is -2.11. The second-order valence-electron chi connectivity index (χ2n) is 3.00. The molecule has 0 fully saturated rings. The van der Waals surface area contributed by atoms with Gasteiger partial charge in [-0.25, -0.2) is 0 Å². The van der Waals surface area contributed by atoms with Gasteiger partial charge in [0.15, 0.2) is 0 Å². The van der Waals surface area contributed by atoms with E-state index in [1.165, 1.54) is 5.56 Å². The van der Waals surface area contributed by atoms with E-state index in [0.29, 0.717) is 6.54 Å². The van der Waals surface area contributed by atoms with Gasteiger partial charge in [-0.15, -0.1) is 6.58 Å². The zero-order valence-corrected chi connectivity index (χ0v) is 7.74. The van der Waals surface area contributed by atoms with Crippen LogP contribution in [0.2, 0.25) is 0 Å². The number of hydrogen-bond acceptors (Lipinski definition) is 2. The highest BCUT2D eigenvalue weighted by Crippen LogP contribution is 2.16. The summed E-state index contributed by atoms with van der Waals surface area (Å²) in [4.78, 5) is 0. The first-order valence-electron chi connectivity index (χ1n) is 4.45. The summed E-state index contributed by atoms with van der Waals surface area (Å²) >= 11 is 0. The first-order chi connectivity index (χ1) is 6.29. The Morgan fingerprint density at radius 2 is 2.08 bits per heavy atom. The van der Waals surface area contributed by atoms with Crippen LogP contribution in [-0.2, 0) is 6.42 Å². The van der Waals surface area contributed by atoms with Crippen molar-refractivity contribution in [2.24, 2.45) is 11.5 Å². The van der Waals surface area contributed by atoms with Crippen molar-refractivity contribution in [3.63, 3.8) is 0 Å². The Balaban J connectivity index is 2.96. The average molecular weight is 176 g/mol. The number of hydrogen-bond donors (Lipinski definition) is 2. The molecule has 70 valence electrons.